The molecule has 2 aromatic heterocycles. The number of rotatable bonds is 6. The molecule has 0 saturated carbocycles. The molecule has 1 fully saturated rings. The Morgan fingerprint density at radius 1 is 1.20 bits per heavy atom. The fourth-order valence-corrected chi connectivity index (χ4v) is 4.33. The maximum Gasteiger partial charge on any atom is 0.295 e. The first-order valence-electron chi connectivity index (χ1n) is 10.7. The SMILES string of the molecule is Cc1ccnc(N(C(=O)c2ccco2)C2CCN(CCc3ccccc3)CC2C)c1. The highest BCUT2D eigenvalue weighted by Crippen LogP contribution is 2.28. The number of anilines is 1. The van der Waals surface area contributed by atoms with E-state index < -0.39 is 0 Å². The number of carbonyl (C=O) groups excluding carboxylic acids is 1. The number of furan rings is 1. The summed E-state index contributed by atoms with van der Waals surface area (Å²) in [4.78, 5) is 22.2. The summed E-state index contributed by atoms with van der Waals surface area (Å²) in [6.45, 7) is 7.23. The monoisotopic (exact) mass is 403 g/mol. The van der Waals surface area contributed by atoms with Crippen LogP contribution in [0.3, 0.4) is 0 Å². The van der Waals surface area contributed by atoms with Crippen LogP contribution in [0.1, 0.15) is 35.0 Å². The van der Waals surface area contributed by atoms with Gasteiger partial charge in [0.25, 0.3) is 5.91 Å². The van der Waals surface area contributed by atoms with Crippen LogP contribution in [0.25, 0.3) is 0 Å². The van der Waals surface area contributed by atoms with Crippen LogP contribution in [0, 0.1) is 12.8 Å². The van der Waals surface area contributed by atoms with Gasteiger partial charge in [0.15, 0.2) is 5.76 Å². The van der Waals surface area contributed by atoms with Gasteiger partial charge in [-0.3, -0.25) is 9.69 Å². The Kier molecular flexibility index (Phi) is 6.29. The standard InChI is InChI=1S/C25H29N3O2/c1-19-10-13-26-24(17-19)28(25(29)23-9-6-16-30-23)22-12-15-27(18-20(22)2)14-11-21-7-4-3-5-8-21/h3-10,13,16-17,20,22H,11-12,14-15,18H2,1-2H3. The zero-order chi connectivity index (χ0) is 20.9. The summed E-state index contributed by atoms with van der Waals surface area (Å²) in [5.74, 6) is 1.27. The summed E-state index contributed by atoms with van der Waals surface area (Å²) in [5.41, 5.74) is 2.45. The second-order valence-corrected chi connectivity index (χ2v) is 8.21. The van der Waals surface area contributed by atoms with Crippen molar-refractivity contribution in [3.63, 3.8) is 0 Å². The van der Waals surface area contributed by atoms with Gasteiger partial charge in [-0.2, -0.15) is 0 Å². The molecule has 3 aromatic rings. The topological polar surface area (TPSA) is 49.6 Å². The van der Waals surface area contributed by atoms with E-state index in [0.29, 0.717) is 17.5 Å². The van der Waals surface area contributed by atoms with E-state index in [2.05, 4.69) is 47.1 Å². The molecule has 0 bridgehead atoms. The largest absolute Gasteiger partial charge is 0.459 e. The highest BCUT2D eigenvalue weighted by molar-refractivity contribution is 6.04. The minimum atomic E-state index is -0.118. The molecule has 1 aliphatic heterocycles. The molecule has 3 heterocycles. The van der Waals surface area contributed by atoms with E-state index in [-0.39, 0.29) is 11.9 Å². The number of aromatic nitrogens is 1. The summed E-state index contributed by atoms with van der Waals surface area (Å²) in [7, 11) is 0. The van der Waals surface area contributed by atoms with E-state index in [1.807, 2.05) is 24.0 Å². The molecule has 156 valence electrons. The van der Waals surface area contributed by atoms with Crippen molar-refractivity contribution in [1.82, 2.24) is 9.88 Å². The van der Waals surface area contributed by atoms with Gasteiger partial charge in [0.2, 0.25) is 0 Å². The van der Waals surface area contributed by atoms with Crippen LogP contribution in [0.2, 0.25) is 0 Å². The normalized spacial score (nSPS) is 19.5. The van der Waals surface area contributed by atoms with Crippen molar-refractivity contribution in [3.05, 3.63) is 83.9 Å². The fourth-order valence-electron chi connectivity index (χ4n) is 4.33. The first-order valence-corrected chi connectivity index (χ1v) is 10.7. The Hall–Kier alpha value is -2.92. The molecule has 2 atom stereocenters. The molecule has 1 saturated heterocycles. The number of amides is 1. The van der Waals surface area contributed by atoms with Crippen LogP contribution < -0.4 is 4.90 Å². The van der Waals surface area contributed by atoms with E-state index in [1.165, 1.54) is 5.56 Å². The highest BCUT2D eigenvalue weighted by atomic mass is 16.3. The number of hydrogen-bond acceptors (Lipinski definition) is 4. The number of carbonyl (C=O) groups is 1. The molecule has 0 radical (unpaired) electrons. The molecule has 5 nitrogen and oxygen atoms in total. The van der Waals surface area contributed by atoms with Gasteiger partial charge in [-0.1, -0.05) is 37.3 Å². The van der Waals surface area contributed by atoms with Gasteiger partial charge in [0.05, 0.1) is 6.26 Å². The van der Waals surface area contributed by atoms with Crippen molar-refractivity contribution in [2.45, 2.75) is 32.7 Å². The highest BCUT2D eigenvalue weighted by Gasteiger charge is 2.36. The number of pyridine rings is 1. The third-order valence-corrected chi connectivity index (χ3v) is 5.93. The van der Waals surface area contributed by atoms with Crippen LogP contribution in [0.15, 0.2) is 71.5 Å². The number of nitrogens with zero attached hydrogens (tertiary/aromatic N) is 3. The second kappa shape index (κ2) is 9.26. The molecule has 5 heteroatoms. The van der Waals surface area contributed by atoms with Gasteiger partial charge in [-0.25, -0.2) is 4.98 Å². The molecule has 0 spiro atoms. The third kappa shape index (κ3) is 4.62. The average Bonchev–Trinajstić information content (AvgIpc) is 3.30. The van der Waals surface area contributed by atoms with Crippen molar-refractivity contribution in [3.8, 4) is 0 Å². The van der Waals surface area contributed by atoms with Crippen molar-refractivity contribution in [2.75, 3.05) is 24.5 Å². The van der Waals surface area contributed by atoms with Crippen LogP contribution in [-0.2, 0) is 6.42 Å². The molecule has 1 aromatic carbocycles. The molecule has 1 amide bonds. The van der Waals surface area contributed by atoms with Gasteiger partial charge in [-0.05, 0) is 61.1 Å². The Morgan fingerprint density at radius 2 is 2.03 bits per heavy atom. The Morgan fingerprint density at radius 3 is 2.73 bits per heavy atom. The Bertz CT molecular complexity index is 956. The van der Waals surface area contributed by atoms with E-state index in [0.717, 1.165) is 38.0 Å². The summed E-state index contributed by atoms with van der Waals surface area (Å²) >= 11 is 0. The number of piperidine rings is 1. The lowest BCUT2D eigenvalue weighted by atomic mass is 9.91. The second-order valence-electron chi connectivity index (χ2n) is 8.21. The molecule has 1 aliphatic rings. The Labute approximate surface area is 178 Å². The van der Waals surface area contributed by atoms with Crippen molar-refractivity contribution < 1.29 is 9.21 Å². The minimum absolute atomic E-state index is 0.0878. The van der Waals surface area contributed by atoms with Crippen molar-refractivity contribution >= 4 is 11.7 Å². The lowest BCUT2D eigenvalue weighted by molar-refractivity contribution is 0.0905. The molecular weight excluding hydrogens is 374 g/mol. The minimum Gasteiger partial charge on any atom is -0.459 e. The quantitative estimate of drug-likeness (QED) is 0.604. The number of hydrogen-bond donors (Lipinski definition) is 0. The molecular formula is C25H29N3O2. The molecule has 2 unspecified atom stereocenters. The van der Waals surface area contributed by atoms with Crippen molar-refractivity contribution in [1.29, 1.82) is 0 Å². The molecule has 0 aliphatic carbocycles. The molecule has 0 N–H and O–H groups in total. The average molecular weight is 404 g/mol. The third-order valence-electron chi connectivity index (χ3n) is 5.93. The van der Waals surface area contributed by atoms with E-state index >= 15 is 0 Å². The smallest absolute Gasteiger partial charge is 0.295 e. The molecule has 4 rings (SSSR count). The summed E-state index contributed by atoms with van der Waals surface area (Å²) in [6.07, 6.45) is 5.28. The predicted octanol–water partition coefficient (Wildman–Crippen LogP) is 4.58. The zero-order valence-corrected chi connectivity index (χ0v) is 17.7. The van der Waals surface area contributed by atoms with E-state index in [4.69, 9.17) is 4.42 Å². The van der Waals surface area contributed by atoms with Crippen molar-refractivity contribution in [2.24, 2.45) is 5.92 Å². The van der Waals surface area contributed by atoms with E-state index in [9.17, 15) is 4.79 Å². The first kappa shape index (κ1) is 20.4. The zero-order valence-electron chi connectivity index (χ0n) is 17.7. The fraction of sp³-hybridized carbons (Fsp3) is 0.360. The number of benzene rings is 1. The van der Waals surface area contributed by atoms with Crippen LogP contribution in [0.5, 0.6) is 0 Å². The van der Waals surface area contributed by atoms with Gasteiger partial charge in [-0.15, -0.1) is 0 Å². The first-order chi connectivity index (χ1) is 14.6. The van der Waals surface area contributed by atoms with Gasteiger partial charge in [0, 0.05) is 31.9 Å². The molecule has 30 heavy (non-hydrogen) atoms. The number of aryl methyl sites for hydroxylation is 1. The Balaban J connectivity index is 1.49. The lowest BCUT2D eigenvalue weighted by Crippen LogP contribution is -2.53. The van der Waals surface area contributed by atoms with Crippen LogP contribution in [-0.4, -0.2) is 41.5 Å². The van der Waals surface area contributed by atoms with Crippen LogP contribution >= 0.6 is 0 Å². The van der Waals surface area contributed by atoms with E-state index in [1.54, 1.807) is 24.6 Å². The maximum absolute atomic E-state index is 13.3. The predicted molar refractivity (Wildman–Crippen MR) is 119 cm³/mol. The maximum atomic E-state index is 13.3. The van der Waals surface area contributed by atoms with Gasteiger partial charge < -0.3 is 9.32 Å². The number of likely N-dealkylation sites (tertiary alicyclic amines) is 1. The summed E-state index contributed by atoms with van der Waals surface area (Å²) in [5, 5.41) is 0. The van der Waals surface area contributed by atoms with Gasteiger partial charge in [0.1, 0.15) is 5.82 Å². The van der Waals surface area contributed by atoms with Gasteiger partial charge >= 0.3 is 0 Å². The lowest BCUT2D eigenvalue weighted by Gasteiger charge is -2.42. The summed E-state index contributed by atoms with van der Waals surface area (Å²) in [6, 6.07) is 18.1. The van der Waals surface area contributed by atoms with Crippen LogP contribution in [0.4, 0.5) is 5.82 Å². The summed E-state index contributed by atoms with van der Waals surface area (Å²) < 4.78 is 5.43.